The minimum Gasteiger partial charge on any atom is 0 e. The van der Waals surface area contributed by atoms with Crippen LogP contribution in [0.25, 0.3) is 0 Å². The van der Waals surface area contributed by atoms with Crippen LogP contribution in [-0.4, -0.2) is 0 Å². The van der Waals surface area contributed by atoms with Crippen LogP contribution in [0.3, 0.4) is 0 Å². The van der Waals surface area contributed by atoms with Gasteiger partial charge >= 0.3 is 0 Å². The standard InChI is InChI=1S/5Cr.95Ni. The number of hydrogen-bond acceptors (Lipinski definition) is 0. The first-order chi connectivity index (χ1) is 0. The van der Waals surface area contributed by atoms with Gasteiger partial charge < -0.3 is 0 Å². The second-order valence-electron chi connectivity index (χ2n) is 0. The number of hydrogen-bond donors (Lipinski definition) is 0. The molecule has 0 amide bonds. The summed E-state index contributed by atoms with van der Waals surface area (Å²) in [6.45, 7) is 0. The Morgan fingerprint density at radius 3 is 0.0200 bits per heavy atom. The normalized spacial score (nSPS) is 0. The molecule has 0 saturated carbocycles. The first kappa shape index (κ1) is 1340. The molecule has 0 aromatic carbocycles. The van der Waals surface area contributed by atoms with Gasteiger partial charge in [-0.15, -0.1) is 0 Å². The van der Waals surface area contributed by atoms with Crippen molar-refractivity contribution in [2.24, 2.45) is 0 Å². The monoisotopic (exact) mass is 5760 g/mol. The maximum absolute atomic E-state index is 0. The van der Waals surface area contributed by atoms with E-state index in [1.54, 1.807) is 0 Å². The average Bonchev–Trinajstić information content (AvgIpc) is 0. The summed E-state index contributed by atoms with van der Waals surface area (Å²) >= 11 is 0. The molecule has 0 nitrogen and oxygen atoms in total. The van der Waals surface area contributed by atoms with Crippen molar-refractivity contribution in [2.75, 3.05) is 0 Å². The quantitative estimate of drug-likeness (QED) is 0.295. The average molecular weight is 5840 g/mol. The maximum Gasteiger partial charge on any atom is 0 e. The van der Waals surface area contributed by atoms with Gasteiger partial charge in [0.1, 0.15) is 0 Å². The first-order valence-corrected chi connectivity index (χ1v) is 0. The summed E-state index contributed by atoms with van der Waals surface area (Å²) in [7, 11) is 0. The second kappa shape index (κ2) is 1320. The van der Waals surface area contributed by atoms with Crippen molar-refractivity contribution in [3.63, 3.8) is 0 Å². The molecule has 0 fully saturated rings. The molecule has 0 aliphatic rings. The second-order valence-corrected chi connectivity index (χ2v) is 0. The Hall–Kier alpha value is 49.5. The van der Waals surface area contributed by atoms with Gasteiger partial charge in [0.2, 0.25) is 0 Å². The largest absolute Gasteiger partial charge is 0 e. The summed E-state index contributed by atoms with van der Waals surface area (Å²) in [5.74, 6) is 0. The van der Waals surface area contributed by atoms with E-state index in [1.807, 2.05) is 0 Å². The fraction of sp³-hybridized carbons (Fsp3) is 0. The molecule has 0 N–H and O–H groups in total. The van der Waals surface area contributed by atoms with Gasteiger partial charge in [-0.25, -0.2) is 0 Å². The van der Waals surface area contributed by atoms with Gasteiger partial charge in [0.05, 0.1) is 0 Å². The predicted octanol–water partition coefficient (Wildman–Crippen LogP) is -0.250. The minimum absolute atomic E-state index is 0. The van der Waals surface area contributed by atoms with Crippen LogP contribution in [0.2, 0.25) is 0 Å². The van der Waals surface area contributed by atoms with E-state index in [1.165, 1.54) is 0 Å². The molecule has 980 valence electrons. The van der Waals surface area contributed by atoms with E-state index in [0.29, 0.717) is 0 Å². The van der Waals surface area contributed by atoms with E-state index in [-0.39, 0.29) is 1650 Å². The third kappa shape index (κ3) is 1290. The van der Waals surface area contributed by atoms with Crippen LogP contribution >= 0.6 is 0 Å². The molecule has 0 bridgehead atoms. The molecule has 0 radical (unpaired) electrons. The molecular weight excluding hydrogens is 5840 g/mol. The molecule has 0 heterocycles. The molecule has 0 saturated heterocycles. The van der Waals surface area contributed by atoms with Crippen LogP contribution in [0.5, 0.6) is 0 Å². The van der Waals surface area contributed by atoms with Crippen LogP contribution < -0.4 is 0 Å². The van der Waals surface area contributed by atoms with Gasteiger partial charge in [0, 0.05) is 1650 Å². The zero-order valence-corrected chi connectivity index (χ0v) is 132. The van der Waals surface area contributed by atoms with Crippen molar-refractivity contribution >= 4 is 0 Å². The van der Waals surface area contributed by atoms with Crippen molar-refractivity contribution in [1.29, 1.82) is 0 Å². The van der Waals surface area contributed by atoms with E-state index in [0.717, 1.165) is 0 Å². The summed E-state index contributed by atoms with van der Waals surface area (Å²) in [5.41, 5.74) is 0. The molecule has 100 heavy (non-hydrogen) atoms. The number of rotatable bonds is 0. The van der Waals surface area contributed by atoms with Gasteiger partial charge in [-0.3, -0.25) is 0 Å². The SMILES string of the molecule is [Cr].[Cr].[Cr].[Cr].[Cr].[Ni].[Ni].[Ni].[Ni].[Ni].[Ni].[Ni].[Ni].[Ni].[Ni].[Ni].[Ni].[Ni].[Ni].[Ni].[Ni].[Ni].[Ni].[Ni].[Ni].[Ni].[Ni].[Ni].[Ni].[Ni].[Ni].[Ni].[Ni].[Ni].[Ni].[Ni].[Ni].[Ni].[Ni].[Ni].[Ni].[Ni].[Ni].[Ni].[Ni].[Ni].[Ni].[Ni].[Ni].[Ni].[Ni].[Ni].[Ni].[Ni].[Ni].[Ni].[Ni].[Ni].[Ni].[Ni].[Ni].[Ni].[Ni].[Ni].[Ni].[Ni].[Ni].[Ni].[Ni].[Ni].[Ni].[Ni].[Ni].[Ni].[Ni].[Ni].[Ni].[Ni].[Ni].[Ni].[Ni].[Ni].[Ni].[Ni].[Ni].[Ni].[Ni].[Ni].[Ni].[Ni].[Ni].[Ni].[Ni].[Ni].[Ni].[Ni].[Ni].[Ni].[Ni].[Ni]. The molecule has 100 heteroatoms. The van der Waals surface area contributed by atoms with Crippen molar-refractivity contribution < 1.29 is 1650 Å². The van der Waals surface area contributed by atoms with Gasteiger partial charge in [0.25, 0.3) is 0 Å². The van der Waals surface area contributed by atoms with Crippen molar-refractivity contribution in [1.82, 2.24) is 0 Å². The molecule has 0 aromatic heterocycles. The molecule has 0 spiro atoms. The smallest absolute Gasteiger partial charge is 0 e. The molecule has 0 aromatic rings. The predicted molar refractivity (Wildman–Crippen MR) is 0 cm³/mol. The summed E-state index contributed by atoms with van der Waals surface area (Å²) in [6, 6.07) is 0. The Labute approximate surface area is 1610 Å². The van der Waals surface area contributed by atoms with Crippen molar-refractivity contribution in [3.8, 4) is 0 Å². The molecular formula is Cr5Ni95. The van der Waals surface area contributed by atoms with Crippen LogP contribution in [0, 0.1) is 0 Å². The van der Waals surface area contributed by atoms with Crippen molar-refractivity contribution in [2.45, 2.75) is 0 Å². The maximum atomic E-state index is 0. The van der Waals surface area contributed by atoms with Crippen LogP contribution in [-0.2, 0) is 1650 Å². The van der Waals surface area contributed by atoms with E-state index in [9.17, 15) is 0 Å². The summed E-state index contributed by atoms with van der Waals surface area (Å²) in [5, 5.41) is 0. The molecule has 0 aliphatic carbocycles. The van der Waals surface area contributed by atoms with Crippen LogP contribution in [0.4, 0.5) is 0 Å². The molecule has 0 rings (SSSR count). The Morgan fingerprint density at radius 1 is 0.0200 bits per heavy atom. The van der Waals surface area contributed by atoms with Crippen LogP contribution in [0.15, 0.2) is 0 Å². The van der Waals surface area contributed by atoms with Gasteiger partial charge in [0.15, 0.2) is 0 Å². The Morgan fingerprint density at radius 2 is 0.0200 bits per heavy atom. The van der Waals surface area contributed by atoms with Crippen LogP contribution in [0.1, 0.15) is 0 Å². The molecule has 0 unspecified atom stereocenters. The zero-order valence-electron chi connectivity index (χ0n) is 32.1. The Bertz CT molecular complexity index is 28.6. The summed E-state index contributed by atoms with van der Waals surface area (Å²) < 4.78 is 0. The summed E-state index contributed by atoms with van der Waals surface area (Å²) in [4.78, 5) is 0. The Balaban J connectivity index is 0. The van der Waals surface area contributed by atoms with E-state index >= 15 is 0 Å². The van der Waals surface area contributed by atoms with Gasteiger partial charge in [-0.2, -0.15) is 0 Å². The zero-order chi connectivity index (χ0) is 0. The van der Waals surface area contributed by atoms with Crippen molar-refractivity contribution in [3.05, 3.63) is 0 Å². The molecule has 0 atom stereocenters. The fourth-order valence-electron chi connectivity index (χ4n) is 0. The van der Waals surface area contributed by atoms with E-state index < -0.39 is 0 Å². The third-order valence-electron chi connectivity index (χ3n) is 0. The Kier molecular flexibility index (Phi) is 17700. The fourth-order valence-corrected chi connectivity index (χ4v) is 0. The van der Waals surface area contributed by atoms with Gasteiger partial charge in [-0.1, -0.05) is 0 Å². The molecule has 0 aliphatic heterocycles. The first-order valence-electron chi connectivity index (χ1n) is 0. The third-order valence-corrected chi connectivity index (χ3v) is 0. The van der Waals surface area contributed by atoms with E-state index in [4.69, 9.17) is 0 Å². The summed E-state index contributed by atoms with van der Waals surface area (Å²) in [6.07, 6.45) is 0. The van der Waals surface area contributed by atoms with E-state index in [2.05, 4.69) is 0 Å². The van der Waals surface area contributed by atoms with Gasteiger partial charge in [-0.05, 0) is 0 Å². The topological polar surface area (TPSA) is 0 Å². The minimum atomic E-state index is 0.